The van der Waals surface area contributed by atoms with Crippen LogP contribution in [0.15, 0.2) is 72.8 Å². The van der Waals surface area contributed by atoms with Gasteiger partial charge < -0.3 is 0 Å². The highest BCUT2D eigenvalue weighted by molar-refractivity contribution is 5.84. The van der Waals surface area contributed by atoms with E-state index in [4.69, 9.17) is 0 Å². The highest BCUT2D eigenvalue weighted by Crippen LogP contribution is 2.34. The van der Waals surface area contributed by atoms with Crippen LogP contribution < -0.4 is 0 Å². The molecule has 0 aromatic heterocycles. The molecule has 0 aliphatic heterocycles. The summed E-state index contributed by atoms with van der Waals surface area (Å²) in [4.78, 5) is 0. The number of hydrogen-bond donors (Lipinski definition) is 0. The highest BCUT2D eigenvalue weighted by Gasteiger charge is 2.14. The van der Waals surface area contributed by atoms with Gasteiger partial charge in [0.1, 0.15) is 0 Å². The Morgan fingerprint density at radius 2 is 1.22 bits per heavy atom. The second-order valence-corrected chi connectivity index (χ2v) is 7.24. The van der Waals surface area contributed by atoms with E-state index >= 15 is 0 Å². The second-order valence-electron chi connectivity index (χ2n) is 7.24. The molecule has 3 rings (SSSR count). The Morgan fingerprint density at radius 3 is 1.83 bits per heavy atom. The zero-order valence-corrected chi connectivity index (χ0v) is 14.4. The zero-order valence-electron chi connectivity index (χ0n) is 14.4. The lowest BCUT2D eigenvalue weighted by atomic mass is 9.85. The maximum atomic E-state index is 2.28. The largest absolute Gasteiger partial charge is 0.0622 e. The molecule has 0 aliphatic rings. The Balaban J connectivity index is 2.10. The summed E-state index contributed by atoms with van der Waals surface area (Å²) in [6.07, 6.45) is 0. The molecule has 0 atom stereocenters. The molecule has 23 heavy (non-hydrogen) atoms. The molecule has 3 aromatic rings. The monoisotopic (exact) mass is 300 g/mol. The molecule has 0 unspecified atom stereocenters. The summed E-state index contributed by atoms with van der Waals surface area (Å²) in [6, 6.07) is 26.4. The fraction of sp³-hybridized carbons (Fsp3) is 0.217. The van der Waals surface area contributed by atoms with Gasteiger partial charge in [-0.2, -0.15) is 0 Å². The lowest BCUT2D eigenvalue weighted by Crippen LogP contribution is -2.10. The summed E-state index contributed by atoms with van der Waals surface area (Å²) >= 11 is 0. The predicted octanol–water partition coefficient (Wildman–Crippen LogP) is 6.63. The first-order valence-electron chi connectivity index (χ1n) is 8.22. The Kier molecular flexibility index (Phi) is 4.09. The summed E-state index contributed by atoms with van der Waals surface area (Å²) in [7, 11) is 0. The van der Waals surface area contributed by atoms with E-state index in [1.54, 1.807) is 0 Å². The van der Waals surface area contributed by atoms with Crippen molar-refractivity contribution in [3.63, 3.8) is 0 Å². The maximum Gasteiger partial charge on any atom is -0.0103 e. The average molecular weight is 300 g/mol. The second kappa shape index (κ2) is 6.04. The van der Waals surface area contributed by atoms with Crippen molar-refractivity contribution in [3.8, 4) is 22.3 Å². The first-order chi connectivity index (χ1) is 10.9. The van der Waals surface area contributed by atoms with Gasteiger partial charge in [-0.05, 0) is 40.2 Å². The minimum Gasteiger partial charge on any atom is -0.0622 e. The molecular weight excluding hydrogens is 276 g/mol. The topological polar surface area (TPSA) is 0 Å². The lowest BCUT2D eigenvalue weighted by Gasteiger charge is -2.19. The van der Waals surface area contributed by atoms with Crippen LogP contribution in [0.2, 0.25) is 0 Å². The Labute approximate surface area is 139 Å². The van der Waals surface area contributed by atoms with Crippen LogP contribution in [0.5, 0.6) is 0 Å². The van der Waals surface area contributed by atoms with Gasteiger partial charge in [0.25, 0.3) is 0 Å². The van der Waals surface area contributed by atoms with Gasteiger partial charge in [0.05, 0.1) is 0 Å². The highest BCUT2D eigenvalue weighted by atomic mass is 14.2. The molecular formula is C23H24. The number of benzene rings is 3. The third-order valence-electron chi connectivity index (χ3n) is 4.32. The Hall–Kier alpha value is -2.34. The molecule has 0 saturated heterocycles. The van der Waals surface area contributed by atoms with Crippen LogP contribution in [0.1, 0.15) is 31.9 Å². The minimum atomic E-state index is 0.189. The van der Waals surface area contributed by atoms with Crippen molar-refractivity contribution >= 4 is 0 Å². The van der Waals surface area contributed by atoms with Crippen molar-refractivity contribution in [2.45, 2.75) is 33.1 Å². The molecule has 0 fully saturated rings. The van der Waals surface area contributed by atoms with Crippen LogP contribution in [-0.2, 0) is 5.41 Å². The standard InChI is InChI=1S/C23H24/c1-17-10-15-21(22(16-17)18-8-6-5-7-9-18)19-11-13-20(14-12-19)23(2,3)4/h5-16H,1-4H3. The van der Waals surface area contributed by atoms with Gasteiger partial charge >= 0.3 is 0 Å². The summed E-state index contributed by atoms with van der Waals surface area (Å²) in [5.41, 5.74) is 7.99. The van der Waals surface area contributed by atoms with Gasteiger partial charge in [-0.1, -0.05) is 99.1 Å². The van der Waals surface area contributed by atoms with Crippen LogP contribution in [0.25, 0.3) is 22.3 Å². The molecule has 0 bridgehead atoms. The van der Waals surface area contributed by atoms with Gasteiger partial charge in [0.15, 0.2) is 0 Å². The number of rotatable bonds is 2. The van der Waals surface area contributed by atoms with E-state index in [1.807, 2.05) is 0 Å². The van der Waals surface area contributed by atoms with Crippen molar-refractivity contribution in [2.75, 3.05) is 0 Å². The van der Waals surface area contributed by atoms with E-state index in [0.29, 0.717) is 0 Å². The molecule has 0 N–H and O–H groups in total. The van der Waals surface area contributed by atoms with Crippen molar-refractivity contribution in [3.05, 3.63) is 83.9 Å². The van der Waals surface area contributed by atoms with Crippen LogP contribution in [0.3, 0.4) is 0 Å². The van der Waals surface area contributed by atoms with Gasteiger partial charge in [-0.15, -0.1) is 0 Å². The predicted molar refractivity (Wildman–Crippen MR) is 101 cm³/mol. The Morgan fingerprint density at radius 1 is 0.609 bits per heavy atom. The van der Waals surface area contributed by atoms with Crippen LogP contribution in [0, 0.1) is 6.92 Å². The third kappa shape index (κ3) is 3.37. The SMILES string of the molecule is Cc1ccc(-c2ccc(C(C)(C)C)cc2)c(-c2ccccc2)c1. The quantitative estimate of drug-likeness (QED) is 0.498. The fourth-order valence-electron chi connectivity index (χ4n) is 2.92. The molecule has 116 valence electrons. The molecule has 0 spiro atoms. The molecule has 0 radical (unpaired) electrons. The number of aryl methyl sites for hydroxylation is 1. The first-order valence-corrected chi connectivity index (χ1v) is 8.22. The van der Waals surface area contributed by atoms with Crippen molar-refractivity contribution in [2.24, 2.45) is 0 Å². The molecule has 0 aliphatic carbocycles. The van der Waals surface area contributed by atoms with Crippen LogP contribution in [-0.4, -0.2) is 0 Å². The first kappa shape index (κ1) is 15.6. The Bertz CT molecular complexity index is 788. The van der Waals surface area contributed by atoms with Crippen molar-refractivity contribution in [1.82, 2.24) is 0 Å². The van der Waals surface area contributed by atoms with E-state index in [-0.39, 0.29) is 5.41 Å². The molecule has 0 heterocycles. The molecule has 0 heteroatoms. The smallest absolute Gasteiger partial charge is 0.0103 e. The van der Waals surface area contributed by atoms with Crippen molar-refractivity contribution < 1.29 is 0 Å². The summed E-state index contributed by atoms with van der Waals surface area (Å²) < 4.78 is 0. The number of hydrogen-bond acceptors (Lipinski definition) is 0. The zero-order chi connectivity index (χ0) is 16.4. The summed E-state index contributed by atoms with van der Waals surface area (Å²) in [6.45, 7) is 8.91. The minimum absolute atomic E-state index is 0.189. The van der Waals surface area contributed by atoms with Gasteiger partial charge in [-0.25, -0.2) is 0 Å². The normalized spacial score (nSPS) is 11.5. The van der Waals surface area contributed by atoms with Crippen molar-refractivity contribution in [1.29, 1.82) is 0 Å². The van der Waals surface area contributed by atoms with Gasteiger partial charge in [0, 0.05) is 0 Å². The van der Waals surface area contributed by atoms with E-state index < -0.39 is 0 Å². The third-order valence-corrected chi connectivity index (χ3v) is 4.32. The average Bonchev–Trinajstić information content (AvgIpc) is 2.55. The van der Waals surface area contributed by atoms with Crippen LogP contribution >= 0.6 is 0 Å². The van der Waals surface area contributed by atoms with E-state index in [0.717, 1.165) is 0 Å². The lowest BCUT2D eigenvalue weighted by molar-refractivity contribution is 0.590. The summed E-state index contributed by atoms with van der Waals surface area (Å²) in [5, 5.41) is 0. The molecule has 0 amide bonds. The molecule has 0 saturated carbocycles. The van der Waals surface area contributed by atoms with Gasteiger partial charge in [0.2, 0.25) is 0 Å². The van der Waals surface area contributed by atoms with E-state index in [1.165, 1.54) is 33.4 Å². The van der Waals surface area contributed by atoms with Gasteiger partial charge in [-0.3, -0.25) is 0 Å². The molecule has 3 aromatic carbocycles. The summed E-state index contributed by atoms with van der Waals surface area (Å²) in [5.74, 6) is 0. The van der Waals surface area contributed by atoms with Crippen LogP contribution in [0.4, 0.5) is 0 Å². The maximum absolute atomic E-state index is 2.28. The fourth-order valence-corrected chi connectivity index (χ4v) is 2.92. The van der Waals surface area contributed by atoms with E-state index in [2.05, 4.69) is 100 Å². The molecule has 0 nitrogen and oxygen atoms in total. The van der Waals surface area contributed by atoms with E-state index in [9.17, 15) is 0 Å².